The van der Waals surface area contributed by atoms with E-state index in [-0.39, 0.29) is 5.91 Å². The van der Waals surface area contributed by atoms with Gasteiger partial charge in [-0.25, -0.2) is 4.79 Å². The summed E-state index contributed by atoms with van der Waals surface area (Å²) in [6.07, 6.45) is 0. The average Bonchev–Trinajstić information content (AvgIpc) is 2.65. The van der Waals surface area contributed by atoms with Gasteiger partial charge in [0.15, 0.2) is 0 Å². The Hall–Kier alpha value is -3.48. The Morgan fingerprint density at radius 2 is 1.89 bits per heavy atom. The van der Waals surface area contributed by atoms with Crippen LogP contribution in [0.1, 0.15) is 12.5 Å². The van der Waals surface area contributed by atoms with E-state index >= 15 is 0 Å². The number of hydrogen-bond acceptors (Lipinski definition) is 6. The zero-order valence-electron chi connectivity index (χ0n) is 15.3. The molecule has 0 unspecified atom stereocenters. The predicted molar refractivity (Wildman–Crippen MR) is 104 cm³/mol. The van der Waals surface area contributed by atoms with Crippen LogP contribution in [0.15, 0.2) is 51.7 Å². The second kappa shape index (κ2) is 7.82. The molecule has 2 aromatic carbocycles. The monoisotopic (exact) mass is 368 g/mol. The van der Waals surface area contributed by atoms with Crippen LogP contribution < -0.4 is 25.7 Å². The van der Waals surface area contributed by atoms with E-state index in [1.165, 1.54) is 13.0 Å². The molecule has 3 aromatic rings. The minimum atomic E-state index is -0.438. The van der Waals surface area contributed by atoms with Crippen LogP contribution in [-0.2, 0) is 11.3 Å². The first-order valence-corrected chi connectivity index (χ1v) is 8.30. The average molecular weight is 368 g/mol. The lowest BCUT2D eigenvalue weighted by molar-refractivity contribution is -0.114. The first-order chi connectivity index (χ1) is 13.0. The third-order valence-corrected chi connectivity index (χ3v) is 4.03. The second-order valence-corrected chi connectivity index (χ2v) is 5.90. The number of carbonyl (C=O) groups is 1. The Labute approximate surface area is 155 Å². The molecule has 0 spiro atoms. The lowest BCUT2D eigenvalue weighted by Crippen LogP contribution is -2.08. The van der Waals surface area contributed by atoms with Crippen LogP contribution in [0.2, 0.25) is 0 Å². The highest BCUT2D eigenvalue weighted by molar-refractivity contribution is 5.89. The first-order valence-electron chi connectivity index (χ1n) is 8.30. The highest BCUT2D eigenvalue weighted by atomic mass is 16.5. The quantitative estimate of drug-likeness (QED) is 0.649. The molecule has 0 atom stereocenters. The Morgan fingerprint density at radius 3 is 2.59 bits per heavy atom. The van der Waals surface area contributed by atoms with Crippen molar-refractivity contribution in [2.75, 3.05) is 24.9 Å². The van der Waals surface area contributed by atoms with Gasteiger partial charge in [-0.2, -0.15) is 0 Å². The summed E-state index contributed by atoms with van der Waals surface area (Å²) in [5.74, 6) is 1.07. The molecule has 0 radical (unpaired) electrons. The maximum absolute atomic E-state index is 11.9. The fourth-order valence-corrected chi connectivity index (χ4v) is 2.80. The molecule has 0 saturated carbocycles. The molecule has 1 aromatic heterocycles. The van der Waals surface area contributed by atoms with Crippen molar-refractivity contribution < 1.29 is 18.7 Å². The molecule has 3 rings (SSSR count). The van der Waals surface area contributed by atoms with E-state index in [0.717, 1.165) is 10.9 Å². The second-order valence-electron chi connectivity index (χ2n) is 5.90. The van der Waals surface area contributed by atoms with Crippen molar-refractivity contribution in [2.24, 2.45) is 0 Å². The number of benzene rings is 2. The number of fused-ring (bicyclic) bond motifs is 1. The molecule has 1 amide bonds. The van der Waals surface area contributed by atoms with Crippen LogP contribution >= 0.6 is 0 Å². The van der Waals surface area contributed by atoms with E-state index in [4.69, 9.17) is 13.9 Å². The van der Waals surface area contributed by atoms with Gasteiger partial charge in [-0.3, -0.25) is 4.79 Å². The molecule has 0 saturated heterocycles. The van der Waals surface area contributed by atoms with Gasteiger partial charge >= 0.3 is 5.63 Å². The van der Waals surface area contributed by atoms with Crippen LogP contribution in [-0.4, -0.2) is 20.1 Å². The largest absolute Gasteiger partial charge is 0.497 e. The van der Waals surface area contributed by atoms with E-state index in [1.54, 1.807) is 38.5 Å². The third-order valence-electron chi connectivity index (χ3n) is 4.03. The Bertz CT molecular complexity index is 1040. The van der Waals surface area contributed by atoms with Gasteiger partial charge in [-0.15, -0.1) is 0 Å². The van der Waals surface area contributed by atoms with Crippen molar-refractivity contribution >= 4 is 28.3 Å². The van der Waals surface area contributed by atoms with Gasteiger partial charge < -0.3 is 24.5 Å². The molecule has 0 aliphatic rings. The number of methoxy groups -OCH3 is 2. The van der Waals surface area contributed by atoms with Crippen molar-refractivity contribution in [3.63, 3.8) is 0 Å². The maximum atomic E-state index is 11.9. The summed E-state index contributed by atoms with van der Waals surface area (Å²) in [6.45, 7) is 1.81. The Morgan fingerprint density at radius 1 is 1.07 bits per heavy atom. The van der Waals surface area contributed by atoms with E-state index in [2.05, 4.69) is 10.6 Å². The van der Waals surface area contributed by atoms with Crippen LogP contribution in [0.5, 0.6) is 11.5 Å². The summed E-state index contributed by atoms with van der Waals surface area (Å²) in [5, 5.41) is 6.79. The van der Waals surface area contributed by atoms with Crippen LogP contribution in [0.4, 0.5) is 11.4 Å². The van der Waals surface area contributed by atoms with E-state index in [0.29, 0.717) is 35.0 Å². The van der Waals surface area contributed by atoms with Crippen LogP contribution in [0.3, 0.4) is 0 Å². The predicted octanol–water partition coefficient (Wildman–Crippen LogP) is 3.38. The fourth-order valence-electron chi connectivity index (χ4n) is 2.80. The lowest BCUT2D eigenvalue weighted by Gasteiger charge is -2.14. The van der Waals surface area contributed by atoms with Crippen molar-refractivity contribution in [3.05, 3.63) is 58.4 Å². The van der Waals surface area contributed by atoms with E-state index in [1.807, 2.05) is 12.1 Å². The molecule has 1 heterocycles. The summed E-state index contributed by atoms with van der Waals surface area (Å²) < 4.78 is 15.8. The molecule has 0 fully saturated rings. The van der Waals surface area contributed by atoms with Gasteiger partial charge in [-0.05, 0) is 35.9 Å². The molecule has 27 heavy (non-hydrogen) atoms. The Kier molecular flexibility index (Phi) is 5.30. The maximum Gasteiger partial charge on any atom is 0.336 e. The van der Waals surface area contributed by atoms with Gasteiger partial charge in [0.05, 0.1) is 19.9 Å². The van der Waals surface area contributed by atoms with Crippen LogP contribution in [0.25, 0.3) is 11.0 Å². The van der Waals surface area contributed by atoms with E-state index in [9.17, 15) is 9.59 Å². The normalized spacial score (nSPS) is 10.5. The SMILES string of the molecule is COc1ccc2c(CNc3cc(NC(C)=O)ccc3OC)cc(=O)oc2c1. The number of hydrogen-bond donors (Lipinski definition) is 2. The van der Waals surface area contributed by atoms with Gasteiger partial charge in [0.25, 0.3) is 0 Å². The van der Waals surface area contributed by atoms with Crippen molar-refractivity contribution in [1.82, 2.24) is 0 Å². The highest BCUT2D eigenvalue weighted by Gasteiger charge is 2.10. The van der Waals surface area contributed by atoms with Gasteiger partial charge in [0.2, 0.25) is 5.91 Å². The topological polar surface area (TPSA) is 89.8 Å². The highest BCUT2D eigenvalue weighted by Crippen LogP contribution is 2.29. The summed E-state index contributed by atoms with van der Waals surface area (Å²) in [7, 11) is 3.12. The summed E-state index contributed by atoms with van der Waals surface area (Å²) >= 11 is 0. The summed E-state index contributed by atoms with van der Waals surface area (Å²) in [6, 6.07) is 12.1. The van der Waals surface area contributed by atoms with E-state index < -0.39 is 5.63 Å². The molecule has 0 bridgehead atoms. The zero-order chi connectivity index (χ0) is 19.4. The molecule has 0 aliphatic heterocycles. The zero-order valence-corrected chi connectivity index (χ0v) is 15.3. The lowest BCUT2D eigenvalue weighted by atomic mass is 10.1. The standard InChI is InChI=1S/C20H20N2O5/c1-12(23)22-14-4-7-18(26-3)17(9-14)21-11-13-8-20(24)27-19-10-15(25-2)5-6-16(13)19/h4-10,21H,11H2,1-3H3,(H,22,23). The molecular weight excluding hydrogens is 348 g/mol. The van der Waals surface area contributed by atoms with Gasteiger partial charge in [0, 0.05) is 36.7 Å². The summed E-state index contributed by atoms with van der Waals surface area (Å²) in [5.41, 5.74) is 2.13. The molecule has 0 aliphatic carbocycles. The minimum Gasteiger partial charge on any atom is -0.497 e. The molecule has 2 N–H and O–H groups in total. The smallest absolute Gasteiger partial charge is 0.336 e. The number of nitrogens with one attached hydrogen (secondary N) is 2. The van der Waals surface area contributed by atoms with Crippen LogP contribution in [0, 0.1) is 0 Å². The number of ether oxygens (including phenoxy) is 2. The van der Waals surface area contributed by atoms with Gasteiger partial charge in [0.1, 0.15) is 17.1 Å². The fraction of sp³-hybridized carbons (Fsp3) is 0.200. The van der Waals surface area contributed by atoms with Crippen molar-refractivity contribution in [3.8, 4) is 11.5 Å². The minimum absolute atomic E-state index is 0.160. The van der Waals surface area contributed by atoms with Crippen molar-refractivity contribution in [2.45, 2.75) is 13.5 Å². The summed E-state index contributed by atoms with van der Waals surface area (Å²) in [4.78, 5) is 23.2. The molecular formula is C20H20N2O5. The number of carbonyl (C=O) groups excluding carboxylic acids is 1. The number of rotatable bonds is 6. The Balaban J connectivity index is 1.92. The number of anilines is 2. The molecule has 7 heteroatoms. The molecule has 140 valence electrons. The molecule has 7 nitrogen and oxygen atoms in total. The van der Waals surface area contributed by atoms with Crippen molar-refractivity contribution in [1.29, 1.82) is 0 Å². The number of amides is 1. The first kappa shape index (κ1) is 18.3. The van der Waals surface area contributed by atoms with Gasteiger partial charge in [-0.1, -0.05) is 0 Å². The third kappa shape index (κ3) is 4.20.